The summed E-state index contributed by atoms with van der Waals surface area (Å²) in [7, 11) is 0. The first kappa shape index (κ1) is 29.3. The summed E-state index contributed by atoms with van der Waals surface area (Å²) < 4.78 is 6.71. The first-order valence-electron chi connectivity index (χ1n) is 17.9. The molecule has 4 aromatic carbocycles. The second-order valence-corrected chi connectivity index (χ2v) is 14.5. The van der Waals surface area contributed by atoms with Crippen molar-refractivity contribution in [3.8, 4) is 39.9 Å². The number of rotatable bonds is 4. The summed E-state index contributed by atoms with van der Waals surface area (Å²) in [5.74, 6) is 3.09. The van der Waals surface area contributed by atoms with Gasteiger partial charge in [-0.1, -0.05) is 129 Å². The van der Waals surface area contributed by atoms with Crippen LogP contribution >= 0.6 is 0 Å². The van der Waals surface area contributed by atoms with Crippen molar-refractivity contribution in [2.24, 2.45) is 0 Å². The van der Waals surface area contributed by atoms with Gasteiger partial charge in [0.25, 0.3) is 0 Å². The number of hydrogen-bond acceptors (Lipinski definition) is 4. The fourth-order valence-electron chi connectivity index (χ4n) is 8.64. The molecule has 4 aliphatic carbocycles. The third kappa shape index (κ3) is 4.55. The molecule has 50 heavy (non-hydrogen) atoms. The Labute approximate surface area is 293 Å². The second kappa shape index (κ2) is 11.2. The van der Waals surface area contributed by atoms with Gasteiger partial charge in [-0.25, -0.2) is 15.0 Å². The molecular weight excluding hydrogens is 611 g/mol. The van der Waals surface area contributed by atoms with Crippen LogP contribution in [0.4, 0.5) is 0 Å². The lowest BCUT2D eigenvalue weighted by Gasteiger charge is -2.26. The fraction of sp³-hybridized carbons (Fsp3) is 0.196. The van der Waals surface area contributed by atoms with Crippen molar-refractivity contribution in [2.75, 3.05) is 0 Å². The van der Waals surface area contributed by atoms with Gasteiger partial charge in [-0.2, -0.15) is 0 Å². The third-order valence-corrected chi connectivity index (χ3v) is 11.2. The van der Waals surface area contributed by atoms with E-state index in [4.69, 9.17) is 19.7 Å². The maximum Gasteiger partial charge on any atom is 0.164 e. The van der Waals surface area contributed by atoms with Crippen LogP contribution in [0.25, 0.3) is 50.5 Å². The van der Waals surface area contributed by atoms with Crippen LogP contribution in [-0.2, 0) is 5.41 Å². The Morgan fingerprint density at radius 2 is 1.46 bits per heavy atom. The first-order chi connectivity index (χ1) is 24.5. The Balaban J connectivity index is 1.15. The van der Waals surface area contributed by atoms with Crippen LogP contribution in [0.2, 0.25) is 0 Å². The molecule has 0 bridgehead atoms. The Kier molecular flexibility index (Phi) is 6.57. The third-order valence-electron chi connectivity index (χ3n) is 11.2. The average Bonchev–Trinajstić information content (AvgIpc) is 3.66. The summed E-state index contributed by atoms with van der Waals surface area (Å²) in [6, 6.07) is 27.9. The molecule has 5 aliphatic rings. The van der Waals surface area contributed by atoms with Crippen molar-refractivity contribution in [1.29, 1.82) is 0 Å². The number of benzene rings is 4. The molecule has 2 unspecified atom stereocenters. The van der Waals surface area contributed by atoms with Gasteiger partial charge in [-0.3, -0.25) is 0 Å². The molecule has 0 saturated carbocycles. The van der Waals surface area contributed by atoms with Crippen LogP contribution in [0, 0.1) is 0 Å². The van der Waals surface area contributed by atoms with Crippen LogP contribution in [0.1, 0.15) is 62.1 Å². The molecule has 0 radical (unpaired) electrons. The molecule has 0 amide bonds. The summed E-state index contributed by atoms with van der Waals surface area (Å²) in [6.07, 6.45) is 22.7. The van der Waals surface area contributed by atoms with Crippen LogP contribution in [0.5, 0.6) is 5.75 Å². The predicted octanol–water partition coefficient (Wildman–Crippen LogP) is 11.0. The smallest absolute Gasteiger partial charge is 0.164 e. The molecule has 10 rings (SSSR count). The van der Waals surface area contributed by atoms with Gasteiger partial charge >= 0.3 is 0 Å². The lowest BCUT2D eigenvalue weighted by atomic mass is 9.78. The Morgan fingerprint density at radius 1 is 0.680 bits per heavy atom. The molecule has 5 aromatic rings. The monoisotopic (exact) mass is 647 g/mol. The van der Waals surface area contributed by atoms with Gasteiger partial charge in [0, 0.05) is 39.0 Å². The molecule has 4 nitrogen and oxygen atoms in total. The van der Waals surface area contributed by atoms with Crippen LogP contribution in [0.3, 0.4) is 0 Å². The summed E-state index contributed by atoms with van der Waals surface area (Å²) in [5, 5.41) is 2.16. The van der Waals surface area contributed by atoms with E-state index in [1.165, 1.54) is 39.0 Å². The lowest BCUT2D eigenvalue weighted by molar-refractivity contribution is 0.271. The van der Waals surface area contributed by atoms with E-state index in [0.717, 1.165) is 58.9 Å². The summed E-state index contributed by atoms with van der Waals surface area (Å²) in [5.41, 5.74) is 12.2. The fourth-order valence-corrected chi connectivity index (χ4v) is 8.64. The van der Waals surface area contributed by atoms with E-state index in [0.29, 0.717) is 17.5 Å². The Morgan fingerprint density at radius 3 is 2.30 bits per heavy atom. The van der Waals surface area contributed by atoms with E-state index in [-0.39, 0.29) is 17.4 Å². The largest absolute Gasteiger partial charge is 0.484 e. The maximum atomic E-state index is 6.71. The van der Waals surface area contributed by atoms with Crippen molar-refractivity contribution in [2.45, 2.75) is 57.0 Å². The van der Waals surface area contributed by atoms with Gasteiger partial charge < -0.3 is 4.74 Å². The topological polar surface area (TPSA) is 47.9 Å². The van der Waals surface area contributed by atoms with Gasteiger partial charge in [0.2, 0.25) is 0 Å². The summed E-state index contributed by atoms with van der Waals surface area (Å²) in [6.45, 7) is 4.72. The molecule has 1 aliphatic heterocycles. The van der Waals surface area contributed by atoms with Crippen LogP contribution < -0.4 is 4.74 Å². The minimum absolute atomic E-state index is 0.0411. The highest BCUT2D eigenvalue weighted by molar-refractivity contribution is 6.01. The molecular formula is C46H37N3O. The average molecular weight is 648 g/mol. The van der Waals surface area contributed by atoms with Crippen molar-refractivity contribution in [1.82, 2.24) is 15.0 Å². The van der Waals surface area contributed by atoms with Crippen LogP contribution in [0.15, 0.2) is 144 Å². The summed E-state index contributed by atoms with van der Waals surface area (Å²) >= 11 is 0. The van der Waals surface area contributed by atoms with Gasteiger partial charge in [0.05, 0.1) is 0 Å². The van der Waals surface area contributed by atoms with Crippen molar-refractivity contribution in [3.05, 3.63) is 161 Å². The maximum absolute atomic E-state index is 6.71. The zero-order valence-corrected chi connectivity index (χ0v) is 28.4. The Hall–Kier alpha value is -5.61. The van der Waals surface area contributed by atoms with Crippen molar-refractivity contribution in [3.63, 3.8) is 0 Å². The highest BCUT2D eigenvalue weighted by Crippen LogP contribution is 2.52. The number of ether oxygens (including phenoxy) is 1. The number of aromatic nitrogens is 3. The van der Waals surface area contributed by atoms with Crippen molar-refractivity contribution >= 4 is 16.3 Å². The molecule has 0 spiro atoms. The first-order valence-corrected chi connectivity index (χ1v) is 17.9. The van der Waals surface area contributed by atoms with Crippen molar-refractivity contribution < 1.29 is 4.74 Å². The molecule has 1 aromatic heterocycles. The normalized spacial score (nSPS) is 20.9. The highest BCUT2D eigenvalue weighted by Gasteiger charge is 2.38. The second-order valence-electron chi connectivity index (χ2n) is 14.5. The Bertz CT molecular complexity index is 2440. The molecule has 4 heteroatoms. The molecule has 0 N–H and O–H groups in total. The van der Waals surface area contributed by atoms with Gasteiger partial charge in [0.15, 0.2) is 17.5 Å². The van der Waals surface area contributed by atoms with E-state index in [1.54, 1.807) is 0 Å². The van der Waals surface area contributed by atoms with Gasteiger partial charge in [0.1, 0.15) is 11.9 Å². The number of fused-ring (bicyclic) bond motifs is 7. The molecule has 2 heterocycles. The predicted molar refractivity (Wildman–Crippen MR) is 203 cm³/mol. The summed E-state index contributed by atoms with van der Waals surface area (Å²) in [4.78, 5) is 15.6. The highest BCUT2D eigenvalue weighted by atomic mass is 16.5. The molecule has 242 valence electrons. The minimum Gasteiger partial charge on any atom is -0.484 e. The minimum atomic E-state index is -0.0431. The van der Waals surface area contributed by atoms with E-state index >= 15 is 0 Å². The molecule has 2 atom stereocenters. The van der Waals surface area contributed by atoms with E-state index in [9.17, 15) is 0 Å². The van der Waals surface area contributed by atoms with Gasteiger partial charge in [-0.15, -0.1) is 0 Å². The zero-order valence-electron chi connectivity index (χ0n) is 28.4. The number of allylic oxidation sites excluding steroid dienone is 10. The lowest BCUT2D eigenvalue weighted by Crippen LogP contribution is -2.17. The number of hydrogen-bond donors (Lipinski definition) is 0. The SMILES string of the molecule is CC1(C)C2=C(C=CCC2)c2ccc(-c3nc(-c4ccccc4)nc(-c4cc5c(c6ccccc46)OC4C=CC(C6=CCCC=C6)=CC54)n3)cc21. The standard InChI is InChI=1S/C46H37N3O/c1-46(2)39-20-12-11-18-33(39)34-23-21-31(26-40(34)46)44-47-43(29-15-7-4-8-16-29)48-45(49-44)38-27-37-36-25-30(28-13-5-3-6-14-28)22-24-41(36)50-42(37)35-19-10-9-17-32(35)38/h4-5,7-11,13-19,21-27,36,41H,3,6,12,20H2,1-2H3. The van der Waals surface area contributed by atoms with Gasteiger partial charge in [-0.05, 0) is 77.1 Å². The van der Waals surface area contributed by atoms with E-state index < -0.39 is 0 Å². The molecule has 0 saturated heterocycles. The van der Waals surface area contributed by atoms with E-state index in [1.807, 2.05) is 18.2 Å². The number of nitrogens with zero attached hydrogens (tertiary/aromatic N) is 3. The zero-order chi connectivity index (χ0) is 33.4. The van der Waals surface area contributed by atoms with E-state index in [2.05, 4.69) is 123 Å². The quantitative estimate of drug-likeness (QED) is 0.195. The van der Waals surface area contributed by atoms with Crippen LogP contribution in [-0.4, -0.2) is 21.1 Å². The molecule has 0 fully saturated rings.